The lowest BCUT2D eigenvalue weighted by molar-refractivity contribution is -0.137. The van der Waals surface area contributed by atoms with Gasteiger partial charge in [-0.2, -0.15) is 0 Å². The van der Waals surface area contributed by atoms with Gasteiger partial charge in [0, 0.05) is 25.6 Å². The van der Waals surface area contributed by atoms with Crippen molar-refractivity contribution in [3.05, 3.63) is 42.2 Å². The predicted molar refractivity (Wildman–Crippen MR) is 146 cm³/mol. The van der Waals surface area contributed by atoms with Crippen LogP contribution in [0.1, 0.15) is 50.6 Å². The second-order valence-corrected chi connectivity index (χ2v) is 11.2. The minimum Gasteiger partial charge on any atom is -0.410 e. The smallest absolute Gasteiger partial charge is 0.410 e. The molecule has 2 aliphatic heterocycles. The Labute approximate surface area is 240 Å². The molecule has 2 amide bonds. The molecule has 1 aliphatic carbocycles. The first-order valence-electron chi connectivity index (χ1n) is 14.3. The topological polar surface area (TPSA) is 178 Å². The summed E-state index contributed by atoms with van der Waals surface area (Å²) in [4.78, 5) is 39.9. The molecule has 1 aromatic carbocycles. The summed E-state index contributed by atoms with van der Waals surface area (Å²) in [6.45, 7) is 1.16. The van der Waals surface area contributed by atoms with Gasteiger partial charge in [0.1, 0.15) is 35.1 Å². The van der Waals surface area contributed by atoms with Gasteiger partial charge in [0.25, 0.3) is 5.91 Å². The number of anilines is 1. The van der Waals surface area contributed by atoms with Gasteiger partial charge in [-0.25, -0.2) is 24.1 Å². The van der Waals surface area contributed by atoms with Crippen molar-refractivity contribution >= 4 is 29.0 Å². The summed E-state index contributed by atoms with van der Waals surface area (Å²) in [7, 11) is 0. The molecular formula is C28H34FN7O6. The Morgan fingerprint density at radius 3 is 2.55 bits per heavy atom. The van der Waals surface area contributed by atoms with Crippen molar-refractivity contribution in [3.8, 4) is 5.75 Å². The van der Waals surface area contributed by atoms with Crippen LogP contribution in [0.4, 0.5) is 15.0 Å². The Kier molecular flexibility index (Phi) is 7.92. The highest BCUT2D eigenvalue weighted by molar-refractivity contribution is 5.83. The first kappa shape index (κ1) is 28.2. The van der Waals surface area contributed by atoms with Gasteiger partial charge in [0.2, 0.25) is 0 Å². The van der Waals surface area contributed by atoms with Crippen LogP contribution in [0, 0.1) is 11.7 Å². The molecule has 2 saturated heterocycles. The molecule has 4 heterocycles. The molecule has 3 aliphatic rings. The molecule has 42 heavy (non-hydrogen) atoms. The second kappa shape index (κ2) is 11.8. The molecule has 5 N–H and O–H groups in total. The van der Waals surface area contributed by atoms with Crippen LogP contribution in [0.2, 0.25) is 0 Å². The number of benzene rings is 1. The predicted octanol–water partition coefficient (Wildman–Crippen LogP) is 1.68. The quantitative estimate of drug-likeness (QED) is 0.305. The lowest BCUT2D eigenvalue weighted by Crippen LogP contribution is -2.43. The minimum absolute atomic E-state index is 0.0885. The van der Waals surface area contributed by atoms with Crippen molar-refractivity contribution in [1.29, 1.82) is 0 Å². The molecule has 3 fully saturated rings. The number of nitrogen functional groups attached to an aromatic ring is 1. The zero-order valence-corrected chi connectivity index (χ0v) is 22.9. The number of aliphatic hydroxyl groups is 2. The van der Waals surface area contributed by atoms with E-state index >= 15 is 0 Å². The van der Waals surface area contributed by atoms with Gasteiger partial charge in [-0.1, -0.05) is 0 Å². The number of imidazole rings is 1. The summed E-state index contributed by atoms with van der Waals surface area (Å²) in [6, 6.07) is 5.44. The fraction of sp³-hybridized carbons (Fsp3) is 0.536. The first-order valence-corrected chi connectivity index (χ1v) is 14.3. The maximum atomic E-state index is 13.1. The summed E-state index contributed by atoms with van der Waals surface area (Å²) < 4.78 is 25.7. The van der Waals surface area contributed by atoms with E-state index in [9.17, 15) is 24.2 Å². The van der Waals surface area contributed by atoms with Gasteiger partial charge in [0.05, 0.1) is 6.33 Å². The normalized spacial score (nSPS) is 24.7. The fourth-order valence-corrected chi connectivity index (χ4v) is 5.52. The molecule has 0 bridgehead atoms. The highest BCUT2D eigenvalue weighted by atomic mass is 19.1. The van der Waals surface area contributed by atoms with E-state index in [4.69, 9.17) is 15.2 Å². The molecule has 6 rings (SSSR count). The largest absolute Gasteiger partial charge is 0.415 e. The number of carbonyl (C=O) groups is 2. The molecule has 0 spiro atoms. The summed E-state index contributed by atoms with van der Waals surface area (Å²) in [5, 5.41) is 24.0. The lowest BCUT2D eigenvalue weighted by atomic mass is 9.91. The number of rotatable bonds is 8. The Balaban J connectivity index is 1.03. The molecule has 0 unspecified atom stereocenters. The average Bonchev–Trinajstić information content (AvgIpc) is 3.61. The molecule has 13 nitrogen and oxygen atoms in total. The summed E-state index contributed by atoms with van der Waals surface area (Å²) in [5.41, 5.74) is 6.87. The van der Waals surface area contributed by atoms with E-state index in [1.54, 1.807) is 4.90 Å². The van der Waals surface area contributed by atoms with Gasteiger partial charge in [-0.15, -0.1) is 0 Å². The van der Waals surface area contributed by atoms with E-state index in [0.29, 0.717) is 48.2 Å². The van der Waals surface area contributed by atoms with Gasteiger partial charge in [0.15, 0.2) is 23.8 Å². The van der Waals surface area contributed by atoms with Crippen molar-refractivity contribution in [1.82, 2.24) is 29.7 Å². The maximum Gasteiger partial charge on any atom is 0.415 e. The number of hydrogen-bond donors (Lipinski definition) is 4. The van der Waals surface area contributed by atoms with Crippen molar-refractivity contribution in [2.45, 2.75) is 75.5 Å². The SMILES string of the molecule is Nc1nc(CCCC2CCN(C(=O)Oc3ccc(F)cc3)CC2)nc2c1ncn2[C@@H]1O[C@H](C(=O)NC2CC2)[C@@H](O)[C@H]1O. The number of likely N-dealkylation sites (tertiary alicyclic amines) is 1. The standard InChI is InChI=1S/C28H34FN7O6/c29-16-4-8-18(9-5-16)41-28(40)35-12-10-15(11-13-35)2-1-3-19-33-24(30)20-25(34-19)36(14-31-20)27-22(38)21(37)23(42-27)26(39)32-17-6-7-17/h4-5,8-9,14-15,17,21-23,27,37-38H,1-3,6-7,10-13H2,(H,32,39)(H2,30,33,34)/t21-,22+,23-,27+/m0/s1. The number of ether oxygens (including phenoxy) is 2. The van der Waals surface area contributed by atoms with Crippen LogP contribution in [0.5, 0.6) is 5.75 Å². The number of carbonyl (C=O) groups excluding carboxylic acids is 2. The molecule has 14 heteroatoms. The van der Waals surface area contributed by atoms with Crippen LogP contribution in [-0.4, -0.2) is 84.1 Å². The lowest BCUT2D eigenvalue weighted by Gasteiger charge is -2.31. The highest BCUT2D eigenvalue weighted by Gasteiger charge is 2.48. The minimum atomic E-state index is -1.40. The van der Waals surface area contributed by atoms with Gasteiger partial charge in [-0.05, 0) is 68.7 Å². The summed E-state index contributed by atoms with van der Waals surface area (Å²) in [6.07, 6.45) is 1.65. The third kappa shape index (κ3) is 6.01. The van der Waals surface area contributed by atoms with Crippen molar-refractivity contribution in [2.75, 3.05) is 18.8 Å². The number of hydrogen-bond acceptors (Lipinski definition) is 10. The number of nitrogens with two attached hydrogens (primary N) is 1. The van der Waals surface area contributed by atoms with Gasteiger partial charge in [-0.3, -0.25) is 9.36 Å². The third-order valence-corrected chi connectivity index (χ3v) is 8.09. The van der Waals surface area contributed by atoms with E-state index < -0.39 is 42.4 Å². The van der Waals surface area contributed by atoms with Crippen molar-refractivity contribution < 1.29 is 33.7 Å². The molecule has 224 valence electrons. The number of amides is 2. The Bertz CT molecular complexity index is 1440. The number of aromatic nitrogens is 4. The van der Waals surface area contributed by atoms with Crippen LogP contribution in [0.15, 0.2) is 30.6 Å². The molecule has 1 saturated carbocycles. The van der Waals surface area contributed by atoms with E-state index in [2.05, 4.69) is 20.3 Å². The van der Waals surface area contributed by atoms with Crippen LogP contribution < -0.4 is 15.8 Å². The number of nitrogens with zero attached hydrogens (tertiary/aromatic N) is 5. The van der Waals surface area contributed by atoms with Crippen molar-refractivity contribution in [2.24, 2.45) is 5.92 Å². The molecule has 4 atom stereocenters. The molecular weight excluding hydrogens is 549 g/mol. The molecule has 3 aromatic rings. The Morgan fingerprint density at radius 2 is 1.83 bits per heavy atom. The Morgan fingerprint density at radius 1 is 1.10 bits per heavy atom. The monoisotopic (exact) mass is 583 g/mol. The summed E-state index contributed by atoms with van der Waals surface area (Å²) >= 11 is 0. The van der Waals surface area contributed by atoms with Crippen LogP contribution in [0.25, 0.3) is 11.2 Å². The van der Waals surface area contributed by atoms with E-state index in [0.717, 1.165) is 38.5 Å². The number of aliphatic hydroxyl groups excluding tert-OH is 2. The van der Waals surface area contributed by atoms with E-state index in [1.807, 2.05) is 0 Å². The Hall–Kier alpha value is -3.88. The van der Waals surface area contributed by atoms with Gasteiger partial charge >= 0.3 is 6.09 Å². The molecule has 0 radical (unpaired) electrons. The number of nitrogens with one attached hydrogen (secondary N) is 1. The first-order chi connectivity index (χ1) is 20.3. The van der Waals surface area contributed by atoms with Crippen LogP contribution >= 0.6 is 0 Å². The zero-order valence-electron chi connectivity index (χ0n) is 22.9. The third-order valence-electron chi connectivity index (χ3n) is 8.09. The number of halogens is 1. The van der Waals surface area contributed by atoms with Gasteiger partial charge < -0.3 is 35.6 Å². The maximum absolute atomic E-state index is 13.1. The highest BCUT2D eigenvalue weighted by Crippen LogP contribution is 2.33. The number of aryl methyl sites for hydroxylation is 1. The average molecular weight is 584 g/mol. The van der Waals surface area contributed by atoms with E-state index in [1.165, 1.54) is 35.2 Å². The van der Waals surface area contributed by atoms with Crippen molar-refractivity contribution in [3.63, 3.8) is 0 Å². The zero-order chi connectivity index (χ0) is 29.4. The number of fused-ring (bicyclic) bond motifs is 1. The van der Waals surface area contributed by atoms with Crippen LogP contribution in [0.3, 0.4) is 0 Å². The van der Waals surface area contributed by atoms with E-state index in [-0.39, 0.29) is 11.9 Å². The number of piperidine rings is 1. The fourth-order valence-electron chi connectivity index (χ4n) is 5.52. The second-order valence-electron chi connectivity index (χ2n) is 11.2. The van der Waals surface area contributed by atoms with Crippen LogP contribution in [-0.2, 0) is 16.0 Å². The molecule has 2 aromatic heterocycles. The summed E-state index contributed by atoms with van der Waals surface area (Å²) in [5.74, 6) is 0.593.